The highest BCUT2D eigenvalue weighted by Gasteiger charge is 2.29. The smallest absolute Gasteiger partial charge is 0.280 e. The summed E-state index contributed by atoms with van der Waals surface area (Å²) in [5, 5.41) is 16.9. The quantitative estimate of drug-likeness (QED) is 0.308. The summed E-state index contributed by atoms with van der Waals surface area (Å²) >= 11 is 0. The molecule has 1 aliphatic rings. The van der Waals surface area contributed by atoms with Crippen LogP contribution >= 0.6 is 0 Å². The van der Waals surface area contributed by atoms with Crippen molar-refractivity contribution in [2.75, 3.05) is 5.01 Å². The van der Waals surface area contributed by atoms with Gasteiger partial charge in [0.15, 0.2) is 0 Å². The molecule has 3 aromatic carbocycles. The van der Waals surface area contributed by atoms with E-state index in [9.17, 15) is 19.3 Å². The van der Waals surface area contributed by atoms with Gasteiger partial charge in [0, 0.05) is 17.7 Å². The number of ether oxygens (including phenoxy) is 1. The first-order valence-corrected chi connectivity index (χ1v) is 9.75. The number of rotatable bonds is 6. The van der Waals surface area contributed by atoms with Gasteiger partial charge in [-0.1, -0.05) is 30.3 Å². The number of nitro benzene ring substituents is 1. The van der Waals surface area contributed by atoms with Crippen LogP contribution in [0.1, 0.15) is 18.1 Å². The molecule has 32 heavy (non-hydrogen) atoms. The van der Waals surface area contributed by atoms with Gasteiger partial charge in [0.1, 0.15) is 18.2 Å². The highest BCUT2D eigenvalue weighted by molar-refractivity contribution is 6.32. The number of benzene rings is 3. The van der Waals surface area contributed by atoms with Crippen molar-refractivity contribution < 1.29 is 18.8 Å². The Kier molecular flexibility index (Phi) is 5.76. The molecular formula is C24H18FN3O4. The third-order valence-electron chi connectivity index (χ3n) is 4.87. The van der Waals surface area contributed by atoms with Crippen LogP contribution in [0.4, 0.5) is 15.8 Å². The van der Waals surface area contributed by atoms with Crippen molar-refractivity contribution in [3.05, 3.63) is 105 Å². The monoisotopic (exact) mass is 431 g/mol. The molecule has 0 aliphatic carbocycles. The zero-order chi connectivity index (χ0) is 22.7. The van der Waals surface area contributed by atoms with Crippen molar-refractivity contribution in [2.24, 2.45) is 5.10 Å². The van der Waals surface area contributed by atoms with E-state index in [1.54, 1.807) is 43.3 Å². The molecule has 0 fully saturated rings. The highest BCUT2D eigenvalue weighted by atomic mass is 19.1. The molecule has 0 unspecified atom stereocenters. The van der Waals surface area contributed by atoms with E-state index in [0.29, 0.717) is 28.3 Å². The largest absolute Gasteiger partial charge is 0.488 e. The van der Waals surface area contributed by atoms with Crippen LogP contribution in [0.3, 0.4) is 0 Å². The average molecular weight is 431 g/mol. The van der Waals surface area contributed by atoms with Gasteiger partial charge < -0.3 is 4.74 Å². The predicted octanol–water partition coefficient (Wildman–Crippen LogP) is 5.12. The summed E-state index contributed by atoms with van der Waals surface area (Å²) in [6, 6.07) is 19.0. The van der Waals surface area contributed by atoms with E-state index >= 15 is 0 Å². The van der Waals surface area contributed by atoms with E-state index in [2.05, 4.69) is 5.10 Å². The SMILES string of the molecule is CC1=NN(c2ccccc2)C(=O)/C1=C/c1cc([N+](=O)[O-])ccc1OCc1ccc(F)cc1. The number of hydrazone groups is 1. The van der Waals surface area contributed by atoms with Crippen molar-refractivity contribution in [2.45, 2.75) is 13.5 Å². The van der Waals surface area contributed by atoms with Gasteiger partial charge in [-0.05, 0) is 48.9 Å². The minimum absolute atomic E-state index is 0.130. The Balaban J connectivity index is 1.66. The van der Waals surface area contributed by atoms with Gasteiger partial charge in [0.2, 0.25) is 0 Å². The molecule has 0 radical (unpaired) electrons. The molecule has 1 heterocycles. The molecule has 1 amide bonds. The molecule has 0 N–H and O–H groups in total. The fourth-order valence-corrected chi connectivity index (χ4v) is 3.22. The van der Waals surface area contributed by atoms with Gasteiger partial charge in [-0.25, -0.2) is 4.39 Å². The Bertz CT molecular complexity index is 1240. The fraction of sp³-hybridized carbons (Fsp3) is 0.0833. The summed E-state index contributed by atoms with van der Waals surface area (Å²) in [5.41, 5.74) is 2.37. The Labute approximate surface area is 183 Å². The number of halogens is 1. The van der Waals surface area contributed by atoms with E-state index in [1.807, 2.05) is 6.07 Å². The lowest BCUT2D eigenvalue weighted by Gasteiger charge is -2.12. The molecule has 7 nitrogen and oxygen atoms in total. The molecule has 0 atom stereocenters. The van der Waals surface area contributed by atoms with Crippen molar-refractivity contribution in [1.29, 1.82) is 0 Å². The lowest BCUT2D eigenvalue weighted by atomic mass is 10.1. The van der Waals surface area contributed by atoms with Crippen LogP contribution in [0.25, 0.3) is 6.08 Å². The standard InChI is InChI=1S/C24H18FN3O4/c1-16-22(24(29)27(26-16)20-5-3-2-4-6-20)14-18-13-21(28(30)31)11-12-23(18)32-15-17-7-9-19(25)10-8-17/h2-14H,15H2,1H3/b22-14+. The Hall–Kier alpha value is -4.33. The molecule has 1 aliphatic heterocycles. The van der Waals surface area contributed by atoms with Crippen LogP contribution in [0.5, 0.6) is 5.75 Å². The van der Waals surface area contributed by atoms with E-state index in [4.69, 9.17) is 4.74 Å². The number of nitrogens with zero attached hydrogens (tertiary/aromatic N) is 3. The van der Waals surface area contributed by atoms with Crippen molar-refractivity contribution in [3.63, 3.8) is 0 Å². The van der Waals surface area contributed by atoms with Crippen molar-refractivity contribution in [3.8, 4) is 5.75 Å². The summed E-state index contributed by atoms with van der Waals surface area (Å²) in [4.78, 5) is 23.8. The molecule has 160 valence electrons. The van der Waals surface area contributed by atoms with Crippen LogP contribution in [0.15, 0.2) is 83.5 Å². The minimum Gasteiger partial charge on any atom is -0.488 e. The van der Waals surface area contributed by atoms with E-state index in [-0.39, 0.29) is 24.0 Å². The minimum atomic E-state index is -0.514. The van der Waals surface area contributed by atoms with Crippen molar-refractivity contribution in [1.82, 2.24) is 0 Å². The summed E-state index contributed by atoms with van der Waals surface area (Å²) in [7, 11) is 0. The highest BCUT2D eigenvalue weighted by Crippen LogP contribution is 2.30. The Morgan fingerprint density at radius 2 is 1.81 bits per heavy atom. The first kappa shape index (κ1) is 20.9. The summed E-state index contributed by atoms with van der Waals surface area (Å²) < 4.78 is 19.0. The number of non-ortho nitro benzene ring substituents is 1. The molecule has 4 rings (SSSR count). The van der Waals surface area contributed by atoms with Gasteiger partial charge in [-0.3, -0.25) is 14.9 Å². The van der Waals surface area contributed by atoms with Crippen LogP contribution in [0, 0.1) is 15.9 Å². The average Bonchev–Trinajstić information content (AvgIpc) is 3.08. The first-order valence-electron chi connectivity index (χ1n) is 9.75. The second-order valence-electron chi connectivity index (χ2n) is 7.09. The summed E-state index contributed by atoms with van der Waals surface area (Å²) in [6.07, 6.45) is 1.54. The van der Waals surface area contributed by atoms with Crippen LogP contribution < -0.4 is 9.75 Å². The van der Waals surface area contributed by atoms with Gasteiger partial charge >= 0.3 is 0 Å². The lowest BCUT2D eigenvalue weighted by Crippen LogP contribution is -2.21. The molecule has 8 heteroatoms. The molecule has 0 bridgehead atoms. The number of nitro groups is 1. The Morgan fingerprint density at radius 3 is 2.50 bits per heavy atom. The topological polar surface area (TPSA) is 85.0 Å². The van der Waals surface area contributed by atoms with Crippen LogP contribution in [-0.4, -0.2) is 16.5 Å². The van der Waals surface area contributed by atoms with Gasteiger partial charge in [0.25, 0.3) is 11.6 Å². The normalized spacial score (nSPS) is 14.6. The van der Waals surface area contributed by atoms with E-state index < -0.39 is 4.92 Å². The molecule has 0 saturated heterocycles. The van der Waals surface area contributed by atoms with Crippen molar-refractivity contribution >= 4 is 29.1 Å². The maximum atomic E-state index is 13.1. The first-order chi connectivity index (χ1) is 15.4. The molecule has 3 aromatic rings. The molecule has 0 spiro atoms. The number of carbonyl (C=O) groups is 1. The second-order valence-corrected chi connectivity index (χ2v) is 7.09. The summed E-state index contributed by atoms with van der Waals surface area (Å²) in [6.45, 7) is 1.83. The molecule has 0 saturated carbocycles. The zero-order valence-corrected chi connectivity index (χ0v) is 17.1. The third kappa shape index (κ3) is 4.39. The Morgan fingerprint density at radius 1 is 1.09 bits per heavy atom. The third-order valence-corrected chi connectivity index (χ3v) is 4.87. The zero-order valence-electron chi connectivity index (χ0n) is 17.1. The molecular weight excluding hydrogens is 413 g/mol. The van der Waals surface area contributed by atoms with E-state index in [1.165, 1.54) is 41.4 Å². The maximum absolute atomic E-state index is 13.1. The lowest BCUT2D eigenvalue weighted by molar-refractivity contribution is -0.384. The number of carbonyl (C=O) groups excluding carboxylic acids is 1. The number of para-hydroxylation sites is 1. The van der Waals surface area contributed by atoms with Gasteiger partial charge in [0.05, 0.1) is 21.9 Å². The van der Waals surface area contributed by atoms with Crippen LogP contribution in [0.2, 0.25) is 0 Å². The number of anilines is 1. The number of hydrogen-bond donors (Lipinski definition) is 0. The number of amides is 1. The predicted molar refractivity (Wildman–Crippen MR) is 119 cm³/mol. The van der Waals surface area contributed by atoms with Gasteiger partial charge in [-0.2, -0.15) is 10.1 Å². The van der Waals surface area contributed by atoms with Gasteiger partial charge in [-0.15, -0.1) is 0 Å². The molecule has 0 aromatic heterocycles. The number of hydrogen-bond acceptors (Lipinski definition) is 5. The van der Waals surface area contributed by atoms with E-state index in [0.717, 1.165) is 5.56 Å². The van der Waals surface area contributed by atoms with Crippen LogP contribution in [-0.2, 0) is 11.4 Å². The summed E-state index contributed by atoms with van der Waals surface area (Å²) in [5.74, 6) is -0.345. The second kappa shape index (κ2) is 8.81. The maximum Gasteiger partial charge on any atom is 0.280 e. The fourth-order valence-electron chi connectivity index (χ4n) is 3.22.